The van der Waals surface area contributed by atoms with Crippen LogP contribution in [-0.4, -0.2) is 15.8 Å². The summed E-state index contributed by atoms with van der Waals surface area (Å²) in [5.41, 5.74) is 2.86. The van der Waals surface area contributed by atoms with Gasteiger partial charge in [-0.25, -0.2) is 9.18 Å². The summed E-state index contributed by atoms with van der Waals surface area (Å²) in [6, 6.07) is 14.8. The van der Waals surface area contributed by atoms with Crippen LogP contribution in [0.1, 0.15) is 0 Å². The molecule has 1 heterocycles. The fourth-order valence-corrected chi connectivity index (χ4v) is 2.29. The van der Waals surface area contributed by atoms with Crippen LogP contribution in [0.3, 0.4) is 0 Å². The minimum Gasteiger partial charge on any atom is -0.308 e. The highest BCUT2D eigenvalue weighted by atomic mass is 19.1. The van der Waals surface area contributed by atoms with Gasteiger partial charge in [0, 0.05) is 18.3 Å². The molecule has 3 rings (SSSR count). The number of aromatic nitrogens is 2. The number of halogens is 1. The van der Waals surface area contributed by atoms with Crippen LogP contribution in [0.5, 0.6) is 0 Å². The van der Waals surface area contributed by atoms with Gasteiger partial charge in [0.1, 0.15) is 5.82 Å². The Kier molecular flexibility index (Phi) is 4.05. The average molecular weight is 310 g/mol. The first kappa shape index (κ1) is 14.8. The first-order chi connectivity index (χ1) is 11.1. The summed E-state index contributed by atoms with van der Waals surface area (Å²) < 4.78 is 14.6. The van der Waals surface area contributed by atoms with Gasteiger partial charge in [-0.2, -0.15) is 5.10 Å². The summed E-state index contributed by atoms with van der Waals surface area (Å²) in [6.07, 6.45) is 1.59. The second kappa shape index (κ2) is 6.31. The predicted octanol–water partition coefficient (Wildman–Crippen LogP) is 3.87. The van der Waals surface area contributed by atoms with Crippen molar-refractivity contribution >= 4 is 17.4 Å². The molecule has 0 fully saturated rings. The molecule has 0 spiro atoms. The molecule has 2 N–H and O–H groups in total. The van der Waals surface area contributed by atoms with E-state index in [2.05, 4.69) is 15.7 Å². The molecule has 0 saturated carbocycles. The van der Waals surface area contributed by atoms with Crippen molar-refractivity contribution in [3.63, 3.8) is 0 Å². The highest BCUT2D eigenvalue weighted by Gasteiger charge is 2.13. The van der Waals surface area contributed by atoms with Gasteiger partial charge in [0.2, 0.25) is 0 Å². The van der Waals surface area contributed by atoms with Gasteiger partial charge >= 0.3 is 6.03 Å². The van der Waals surface area contributed by atoms with Crippen molar-refractivity contribution in [1.82, 2.24) is 9.78 Å². The Hall–Kier alpha value is -3.15. The Morgan fingerprint density at radius 1 is 1.04 bits per heavy atom. The quantitative estimate of drug-likeness (QED) is 0.771. The summed E-state index contributed by atoms with van der Waals surface area (Å²) in [4.78, 5) is 12.1. The first-order valence-corrected chi connectivity index (χ1v) is 7.04. The molecular weight excluding hydrogens is 295 g/mol. The van der Waals surface area contributed by atoms with Crippen LogP contribution in [0.2, 0.25) is 0 Å². The van der Waals surface area contributed by atoms with Gasteiger partial charge in [0.05, 0.1) is 17.6 Å². The molecule has 116 valence electrons. The number of benzene rings is 2. The number of anilines is 2. The highest BCUT2D eigenvalue weighted by Crippen LogP contribution is 2.27. The molecule has 2 amide bonds. The summed E-state index contributed by atoms with van der Waals surface area (Å²) in [7, 11) is 1.81. The zero-order valence-electron chi connectivity index (χ0n) is 12.5. The highest BCUT2D eigenvalue weighted by molar-refractivity contribution is 6.01. The van der Waals surface area contributed by atoms with E-state index in [1.54, 1.807) is 10.9 Å². The van der Waals surface area contributed by atoms with Gasteiger partial charge in [0.15, 0.2) is 0 Å². The number of hydrogen-bond donors (Lipinski definition) is 2. The summed E-state index contributed by atoms with van der Waals surface area (Å²) in [5.74, 6) is -0.352. The van der Waals surface area contributed by atoms with E-state index in [0.717, 1.165) is 11.3 Å². The molecule has 0 atom stereocenters. The maximum Gasteiger partial charge on any atom is 0.323 e. The van der Waals surface area contributed by atoms with Crippen molar-refractivity contribution in [2.75, 3.05) is 10.6 Å². The van der Waals surface area contributed by atoms with Crippen molar-refractivity contribution in [3.05, 3.63) is 66.6 Å². The van der Waals surface area contributed by atoms with Gasteiger partial charge in [0.25, 0.3) is 0 Å². The van der Waals surface area contributed by atoms with Crippen molar-refractivity contribution in [2.45, 2.75) is 0 Å². The van der Waals surface area contributed by atoms with Crippen LogP contribution in [0.25, 0.3) is 11.3 Å². The third kappa shape index (κ3) is 3.37. The zero-order valence-corrected chi connectivity index (χ0v) is 12.5. The lowest BCUT2D eigenvalue weighted by Crippen LogP contribution is -2.19. The summed E-state index contributed by atoms with van der Waals surface area (Å²) in [6.45, 7) is 0. The van der Waals surface area contributed by atoms with E-state index >= 15 is 0 Å². The number of urea groups is 1. The predicted molar refractivity (Wildman–Crippen MR) is 87.7 cm³/mol. The Balaban J connectivity index is 1.78. The SMILES string of the molecule is Cn1ncc(NC(=O)Nc2ccc(F)cc2)c1-c1ccccc1. The number of carbonyl (C=O) groups excluding carboxylic acids is 1. The molecular formula is C17H15FN4O. The van der Waals surface area contributed by atoms with Crippen LogP contribution in [0.4, 0.5) is 20.6 Å². The van der Waals surface area contributed by atoms with E-state index in [1.165, 1.54) is 24.3 Å². The number of carbonyl (C=O) groups is 1. The summed E-state index contributed by atoms with van der Waals surface area (Å²) in [5, 5.41) is 9.61. The number of aryl methyl sites for hydroxylation is 1. The molecule has 2 aromatic carbocycles. The number of nitrogens with zero attached hydrogens (tertiary/aromatic N) is 2. The number of nitrogens with one attached hydrogen (secondary N) is 2. The average Bonchev–Trinajstić information content (AvgIpc) is 2.91. The fraction of sp³-hybridized carbons (Fsp3) is 0.0588. The van der Waals surface area contributed by atoms with Crippen LogP contribution in [0.15, 0.2) is 60.8 Å². The molecule has 5 nitrogen and oxygen atoms in total. The minimum atomic E-state index is -0.415. The van der Waals surface area contributed by atoms with Crippen LogP contribution in [-0.2, 0) is 7.05 Å². The maximum absolute atomic E-state index is 12.9. The molecule has 0 radical (unpaired) electrons. The van der Waals surface area contributed by atoms with Crippen molar-refractivity contribution in [1.29, 1.82) is 0 Å². The van der Waals surface area contributed by atoms with Gasteiger partial charge < -0.3 is 10.6 Å². The number of amides is 2. The van der Waals surface area contributed by atoms with Crippen molar-refractivity contribution < 1.29 is 9.18 Å². The van der Waals surface area contributed by atoms with Gasteiger partial charge in [-0.3, -0.25) is 4.68 Å². The van der Waals surface area contributed by atoms with Gasteiger partial charge in [-0.05, 0) is 24.3 Å². The topological polar surface area (TPSA) is 59.0 Å². The molecule has 0 aliphatic carbocycles. The molecule has 0 aliphatic rings. The lowest BCUT2D eigenvalue weighted by atomic mass is 10.1. The minimum absolute atomic E-state index is 0.352. The molecule has 0 bridgehead atoms. The Bertz CT molecular complexity index is 812. The third-order valence-corrected chi connectivity index (χ3v) is 3.34. The number of rotatable bonds is 3. The van der Waals surface area contributed by atoms with E-state index < -0.39 is 6.03 Å². The smallest absolute Gasteiger partial charge is 0.308 e. The Labute approximate surface area is 132 Å². The van der Waals surface area contributed by atoms with E-state index in [1.807, 2.05) is 37.4 Å². The molecule has 0 aliphatic heterocycles. The standard InChI is InChI=1S/C17H15FN4O/c1-22-16(12-5-3-2-4-6-12)15(11-19-22)21-17(23)20-14-9-7-13(18)8-10-14/h2-11H,1H3,(H2,20,21,23). The molecule has 3 aromatic rings. The van der Waals surface area contributed by atoms with E-state index in [-0.39, 0.29) is 5.82 Å². The van der Waals surface area contributed by atoms with E-state index in [4.69, 9.17) is 0 Å². The molecule has 1 aromatic heterocycles. The molecule has 0 saturated heterocycles. The monoisotopic (exact) mass is 310 g/mol. The zero-order chi connectivity index (χ0) is 16.2. The first-order valence-electron chi connectivity index (χ1n) is 7.04. The van der Waals surface area contributed by atoms with Crippen LogP contribution >= 0.6 is 0 Å². The van der Waals surface area contributed by atoms with E-state index in [9.17, 15) is 9.18 Å². The van der Waals surface area contributed by atoms with Crippen LogP contribution < -0.4 is 10.6 Å². The maximum atomic E-state index is 12.9. The largest absolute Gasteiger partial charge is 0.323 e. The van der Waals surface area contributed by atoms with Crippen molar-refractivity contribution in [2.24, 2.45) is 7.05 Å². The fourth-order valence-electron chi connectivity index (χ4n) is 2.29. The van der Waals surface area contributed by atoms with E-state index in [0.29, 0.717) is 11.4 Å². The van der Waals surface area contributed by atoms with Gasteiger partial charge in [-0.15, -0.1) is 0 Å². The molecule has 6 heteroatoms. The Morgan fingerprint density at radius 2 is 1.74 bits per heavy atom. The van der Waals surface area contributed by atoms with Crippen molar-refractivity contribution in [3.8, 4) is 11.3 Å². The second-order valence-corrected chi connectivity index (χ2v) is 4.98. The normalized spacial score (nSPS) is 10.3. The third-order valence-electron chi connectivity index (χ3n) is 3.34. The van der Waals surface area contributed by atoms with Gasteiger partial charge in [-0.1, -0.05) is 30.3 Å². The Morgan fingerprint density at radius 3 is 2.43 bits per heavy atom. The lowest BCUT2D eigenvalue weighted by molar-refractivity contribution is 0.262. The molecule has 23 heavy (non-hydrogen) atoms. The number of hydrogen-bond acceptors (Lipinski definition) is 2. The van der Waals surface area contributed by atoms with Crippen LogP contribution in [0, 0.1) is 5.82 Å². The summed E-state index contributed by atoms with van der Waals surface area (Å²) >= 11 is 0. The molecule has 0 unspecified atom stereocenters. The lowest BCUT2D eigenvalue weighted by Gasteiger charge is -2.09. The second-order valence-electron chi connectivity index (χ2n) is 4.98.